The van der Waals surface area contributed by atoms with Gasteiger partial charge in [0.1, 0.15) is 23.4 Å². The monoisotopic (exact) mass is 474 g/mol. The molecule has 2 atom stereocenters. The Morgan fingerprint density at radius 2 is 1.35 bits per heavy atom. The lowest BCUT2D eigenvalue weighted by atomic mass is 9.93. The lowest BCUT2D eigenvalue weighted by Crippen LogP contribution is -2.33. The van der Waals surface area contributed by atoms with E-state index in [1.54, 1.807) is 0 Å². The molecule has 0 bridgehead atoms. The van der Waals surface area contributed by atoms with Crippen LogP contribution in [0.15, 0.2) is 24.3 Å². The van der Waals surface area contributed by atoms with Gasteiger partial charge in [-0.25, -0.2) is 0 Å². The Bertz CT molecular complexity index is 904. The molecule has 0 unspecified atom stereocenters. The van der Waals surface area contributed by atoms with E-state index in [2.05, 4.69) is 6.92 Å². The molecule has 0 fully saturated rings. The van der Waals surface area contributed by atoms with Crippen molar-refractivity contribution >= 4 is 0 Å². The molecule has 1 aliphatic heterocycles. The van der Waals surface area contributed by atoms with E-state index in [1.807, 2.05) is 0 Å². The van der Waals surface area contributed by atoms with Gasteiger partial charge in [0, 0.05) is 36.3 Å². The fourth-order valence-corrected chi connectivity index (χ4v) is 4.49. The minimum absolute atomic E-state index is 0.0719. The fraction of sp³-hybridized carbons (Fsp3) is 0.556. The molecule has 1 aliphatic rings. The van der Waals surface area contributed by atoms with Crippen molar-refractivity contribution in [2.24, 2.45) is 0 Å². The van der Waals surface area contributed by atoms with Crippen LogP contribution in [0.5, 0.6) is 34.5 Å². The molecule has 3 rings (SSSR count). The Labute approximate surface area is 201 Å². The molecule has 1 heterocycles. The topological polar surface area (TPSA) is 120 Å². The largest absolute Gasteiger partial charge is 0.508 e. The van der Waals surface area contributed by atoms with Gasteiger partial charge >= 0.3 is 0 Å². The number of unbranched alkanes of at least 4 members (excludes halogenated alkanes) is 9. The van der Waals surface area contributed by atoms with Gasteiger partial charge in [0.25, 0.3) is 0 Å². The van der Waals surface area contributed by atoms with Crippen LogP contribution in [-0.2, 0) is 11.2 Å². The first kappa shape index (κ1) is 25.8. The van der Waals surface area contributed by atoms with Crippen molar-refractivity contribution < 1.29 is 35.0 Å². The van der Waals surface area contributed by atoms with E-state index >= 15 is 0 Å². The predicted octanol–water partition coefficient (Wildman–Crippen LogP) is 6.20. The Hall–Kier alpha value is -2.80. The number of ether oxygens (including phenoxy) is 2. The molecular formula is C27H38O7. The van der Waals surface area contributed by atoms with E-state index in [-0.39, 0.29) is 11.5 Å². The summed E-state index contributed by atoms with van der Waals surface area (Å²) in [6, 6.07) is 5.33. The molecule has 0 radical (unpaired) electrons. The highest BCUT2D eigenvalue weighted by Crippen LogP contribution is 2.45. The molecule has 0 aliphatic carbocycles. The predicted molar refractivity (Wildman–Crippen MR) is 130 cm³/mol. The SMILES string of the molecule is CCCCCCCCCCCCO[C@H]1Cc2c(O)cc(O)cc2O[C@H]1c1cc(O)c(O)c(O)c1. The number of rotatable bonds is 13. The molecule has 5 N–H and O–H groups in total. The maximum absolute atomic E-state index is 10.3. The van der Waals surface area contributed by atoms with Crippen molar-refractivity contribution in [3.05, 3.63) is 35.4 Å². The van der Waals surface area contributed by atoms with Gasteiger partial charge in [-0.1, -0.05) is 64.7 Å². The van der Waals surface area contributed by atoms with E-state index in [1.165, 1.54) is 75.6 Å². The summed E-state index contributed by atoms with van der Waals surface area (Å²) in [5.41, 5.74) is 0.962. The first-order chi connectivity index (χ1) is 16.4. The van der Waals surface area contributed by atoms with Gasteiger partial charge in [-0.2, -0.15) is 0 Å². The minimum atomic E-state index is -0.700. The maximum Gasteiger partial charge on any atom is 0.200 e. The summed E-state index contributed by atoms with van der Waals surface area (Å²) < 4.78 is 12.2. The molecule has 0 spiro atoms. The first-order valence-corrected chi connectivity index (χ1v) is 12.5. The highest BCUT2D eigenvalue weighted by molar-refractivity contribution is 5.54. The van der Waals surface area contributed by atoms with E-state index in [4.69, 9.17) is 9.47 Å². The van der Waals surface area contributed by atoms with Crippen LogP contribution in [0.4, 0.5) is 0 Å². The minimum Gasteiger partial charge on any atom is -0.508 e. The van der Waals surface area contributed by atoms with Gasteiger partial charge in [-0.3, -0.25) is 0 Å². The zero-order valence-electron chi connectivity index (χ0n) is 20.0. The highest BCUT2D eigenvalue weighted by atomic mass is 16.5. The van der Waals surface area contributed by atoms with Gasteiger partial charge in [-0.15, -0.1) is 0 Å². The quantitative estimate of drug-likeness (QED) is 0.173. The van der Waals surface area contributed by atoms with Gasteiger partial charge in [0.05, 0.1) is 0 Å². The normalized spacial score (nSPS) is 17.3. The van der Waals surface area contributed by atoms with Crippen LogP contribution in [0, 0.1) is 0 Å². The molecule has 0 saturated carbocycles. The second kappa shape index (κ2) is 12.6. The van der Waals surface area contributed by atoms with Gasteiger partial charge in [0.2, 0.25) is 0 Å². The number of hydrogen-bond acceptors (Lipinski definition) is 7. The van der Waals surface area contributed by atoms with Gasteiger partial charge < -0.3 is 35.0 Å². The molecule has 34 heavy (non-hydrogen) atoms. The summed E-state index contributed by atoms with van der Waals surface area (Å²) in [7, 11) is 0. The van der Waals surface area contributed by atoms with Crippen LogP contribution in [-0.4, -0.2) is 38.2 Å². The summed E-state index contributed by atoms with van der Waals surface area (Å²) in [4.78, 5) is 0. The van der Waals surface area contributed by atoms with E-state index < -0.39 is 29.5 Å². The Balaban J connectivity index is 1.57. The van der Waals surface area contributed by atoms with Crippen LogP contribution in [0.25, 0.3) is 0 Å². The zero-order chi connectivity index (χ0) is 24.5. The number of phenols is 5. The second-order valence-electron chi connectivity index (χ2n) is 9.18. The number of aromatic hydroxyl groups is 5. The highest BCUT2D eigenvalue weighted by Gasteiger charge is 2.35. The molecule has 7 heteroatoms. The number of hydrogen-bond donors (Lipinski definition) is 5. The number of fused-ring (bicyclic) bond motifs is 1. The molecule has 7 nitrogen and oxygen atoms in total. The lowest BCUT2D eigenvalue weighted by molar-refractivity contribution is -0.0394. The standard InChI is InChI=1S/C27H38O7/c1-2-3-4-5-6-7-8-9-10-11-12-33-25-17-20-21(29)15-19(28)16-24(20)34-27(25)18-13-22(30)26(32)23(31)14-18/h13-16,25,27-32H,2-12,17H2,1H3/t25-,27-/m0/s1. The van der Waals surface area contributed by atoms with E-state index in [0.717, 1.165) is 12.8 Å². The Kier molecular flexibility index (Phi) is 9.57. The van der Waals surface area contributed by atoms with Crippen molar-refractivity contribution in [2.75, 3.05) is 6.61 Å². The van der Waals surface area contributed by atoms with Crippen LogP contribution in [0.1, 0.15) is 88.4 Å². The van der Waals surface area contributed by atoms with E-state index in [9.17, 15) is 25.5 Å². The lowest BCUT2D eigenvalue weighted by Gasteiger charge is -2.34. The smallest absolute Gasteiger partial charge is 0.200 e. The third-order valence-corrected chi connectivity index (χ3v) is 6.42. The number of phenolic OH excluding ortho intramolecular Hbond substituents is 5. The fourth-order valence-electron chi connectivity index (χ4n) is 4.49. The van der Waals surface area contributed by atoms with Gasteiger partial charge in [0.15, 0.2) is 23.4 Å². The molecule has 2 aromatic carbocycles. The van der Waals surface area contributed by atoms with Crippen LogP contribution in [0.3, 0.4) is 0 Å². The first-order valence-electron chi connectivity index (χ1n) is 12.5. The average molecular weight is 475 g/mol. The molecule has 2 aromatic rings. The summed E-state index contributed by atoms with van der Waals surface area (Å²) in [5, 5.41) is 49.8. The molecule has 0 amide bonds. The van der Waals surface area contributed by atoms with Gasteiger partial charge in [-0.05, 0) is 18.6 Å². The Morgan fingerprint density at radius 3 is 1.97 bits per heavy atom. The molecule has 0 saturated heterocycles. The zero-order valence-corrected chi connectivity index (χ0v) is 20.0. The van der Waals surface area contributed by atoms with Crippen molar-refractivity contribution in [2.45, 2.75) is 89.8 Å². The molecular weight excluding hydrogens is 436 g/mol. The van der Waals surface area contributed by atoms with Crippen molar-refractivity contribution in [1.82, 2.24) is 0 Å². The van der Waals surface area contributed by atoms with Crippen LogP contribution < -0.4 is 4.74 Å². The number of benzene rings is 2. The summed E-state index contributed by atoms with van der Waals surface area (Å²) >= 11 is 0. The van der Waals surface area contributed by atoms with Crippen LogP contribution in [0.2, 0.25) is 0 Å². The maximum atomic E-state index is 10.3. The summed E-state index contributed by atoms with van der Waals surface area (Å²) in [5.74, 6) is -1.41. The molecule has 0 aromatic heterocycles. The van der Waals surface area contributed by atoms with E-state index in [0.29, 0.717) is 29.9 Å². The summed E-state index contributed by atoms with van der Waals surface area (Å²) in [6.45, 7) is 2.75. The third-order valence-electron chi connectivity index (χ3n) is 6.42. The van der Waals surface area contributed by atoms with Crippen molar-refractivity contribution in [3.8, 4) is 34.5 Å². The van der Waals surface area contributed by atoms with Crippen molar-refractivity contribution in [1.29, 1.82) is 0 Å². The van der Waals surface area contributed by atoms with Crippen LogP contribution >= 0.6 is 0 Å². The summed E-state index contributed by atoms with van der Waals surface area (Å²) in [6.07, 6.45) is 11.4. The second-order valence-corrected chi connectivity index (χ2v) is 9.18. The third kappa shape index (κ3) is 6.86. The van der Waals surface area contributed by atoms with Crippen molar-refractivity contribution in [3.63, 3.8) is 0 Å². The molecule has 188 valence electrons. The Morgan fingerprint density at radius 1 is 0.765 bits per heavy atom. The average Bonchev–Trinajstić information content (AvgIpc) is 2.80.